The highest BCUT2D eigenvalue weighted by Gasteiger charge is 2.11. The van der Waals surface area contributed by atoms with E-state index in [0.29, 0.717) is 15.9 Å². The van der Waals surface area contributed by atoms with Crippen molar-refractivity contribution in [2.45, 2.75) is 26.9 Å². The molecule has 0 amide bonds. The van der Waals surface area contributed by atoms with E-state index in [9.17, 15) is 8.78 Å². The van der Waals surface area contributed by atoms with E-state index in [4.69, 9.17) is 11.6 Å². The highest BCUT2D eigenvalue weighted by atomic mass is 35.5. The molecule has 0 saturated heterocycles. The minimum absolute atomic E-state index is 0.0899. The van der Waals surface area contributed by atoms with Crippen LogP contribution in [-0.4, -0.2) is 11.6 Å². The lowest BCUT2D eigenvalue weighted by Crippen LogP contribution is -2.02. The zero-order chi connectivity index (χ0) is 13.3. The fourth-order valence-electron chi connectivity index (χ4n) is 1.95. The Labute approximate surface area is 109 Å². The van der Waals surface area contributed by atoms with E-state index in [1.807, 2.05) is 13.8 Å². The summed E-state index contributed by atoms with van der Waals surface area (Å²) in [4.78, 5) is 4.40. The molecule has 0 spiro atoms. The number of pyridine rings is 1. The van der Waals surface area contributed by atoms with Crippen LogP contribution in [0, 0.1) is 6.92 Å². The van der Waals surface area contributed by atoms with Gasteiger partial charge in [-0.2, -0.15) is 8.78 Å². The fraction of sp³-hybridized carbons (Fsp3) is 0.308. The van der Waals surface area contributed by atoms with Crippen LogP contribution in [0.1, 0.15) is 18.2 Å². The van der Waals surface area contributed by atoms with E-state index in [-0.39, 0.29) is 5.75 Å². The van der Waals surface area contributed by atoms with Crippen molar-refractivity contribution >= 4 is 22.5 Å². The van der Waals surface area contributed by atoms with Crippen LogP contribution in [0.3, 0.4) is 0 Å². The molecule has 2 nitrogen and oxygen atoms in total. The molecule has 0 radical (unpaired) electrons. The van der Waals surface area contributed by atoms with Crippen molar-refractivity contribution in [2.75, 3.05) is 0 Å². The fourth-order valence-corrected chi connectivity index (χ4v) is 2.37. The maximum atomic E-state index is 12.2. The van der Waals surface area contributed by atoms with Crippen molar-refractivity contribution in [1.29, 1.82) is 0 Å². The number of ether oxygens (including phenoxy) is 1. The van der Waals surface area contributed by atoms with Gasteiger partial charge in [0.15, 0.2) is 0 Å². The molecule has 0 aliphatic heterocycles. The van der Waals surface area contributed by atoms with Gasteiger partial charge in [-0.1, -0.05) is 18.5 Å². The number of aryl methyl sites for hydroxylation is 1. The third kappa shape index (κ3) is 2.38. The van der Waals surface area contributed by atoms with Crippen molar-refractivity contribution in [3.63, 3.8) is 0 Å². The Bertz CT molecular complexity index is 587. The van der Waals surface area contributed by atoms with Crippen LogP contribution < -0.4 is 4.74 Å². The van der Waals surface area contributed by atoms with Crippen LogP contribution in [0.4, 0.5) is 8.78 Å². The standard InChI is InChI=1S/C13H12ClF2NO/c1-3-9-7(2)17-11-5-4-8(18-13(15)16)6-10(11)12(9)14/h4-6,13H,3H2,1-2H3. The van der Waals surface area contributed by atoms with Gasteiger partial charge < -0.3 is 4.74 Å². The Kier molecular flexibility index (Phi) is 3.66. The summed E-state index contributed by atoms with van der Waals surface area (Å²) in [7, 11) is 0. The van der Waals surface area contributed by atoms with E-state index < -0.39 is 6.61 Å². The molecule has 0 bridgehead atoms. The van der Waals surface area contributed by atoms with Crippen molar-refractivity contribution in [2.24, 2.45) is 0 Å². The molecule has 5 heteroatoms. The van der Waals surface area contributed by atoms with Crippen LogP contribution >= 0.6 is 11.6 Å². The van der Waals surface area contributed by atoms with E-state index >= 15 is 0 Å². The van der Waals surface area contributed by atoms with Gasteiger partial charge in [0, 0.05) is 11.1 Å². The molecule has 18 heavy (non-hydrogen) atoms. The predicted octanol–water partition coefficient (Wildman–Crippen LogP) is 4.36. The molecule has 0 aliphatic rings. The molecule has 1 aromatic heterocycles. The van der Waals surface area contributed by atoms with Crippen LogP contribution in [0.15, 0.2) is 18.2 Å². The quantitative estimate of drug-likeness (QED) is 0.827. The molecule has 2 aromatic rings. The summed E-state index contributed by atoms with van der Waals surface area (Å²) >= 11 is 6.27. The summed E-state index contributed by atoms with van der Waals surface area (Å²) in [6.07, 6.45) is 0.744. The molecule has 1 heterocycles. The molecule has 96 valence electrons. The third-order valence-corrected chi connectivity index (χ3v) is 3.20. The number of halogens is 3. The van der Waals surface area contributed by atoms with E-state index in [2.05, 4.69) is 9.72 Å². The van der Waals surface area contributed by atoms with Crippen molar-refractivity contribution in [1.82, 2.24) is 4.98 Å². The van der Waals surface area contributed by atoms with Gasteiger partial charge >= 0.3 is 6.61 Å². The summed E-state index contributed by atoms with van der Waals surface area (Å²) in [5.41, 5.74) is 2.47. The van der Waals surface area contributed by atoms with Crippen LogP contribution in [0.2, 0.25) is 5.02 Å². The third-order valence-electron chi connectivity index (χ3n) is 2.77. The second kappa shape index (κ2) is 5.06. The van der Waals surface area contributed by atoms with Gasteiger partial charge in [-0.15, -0.1) is 0 Å². The first-order chi connectivity index (χ1) is 8.52. The number of nitrogens with zero attached hydrogens (tertiary/aromatic N) is 1. The molecule has 0 saturated carbocycles. The first-order valence-electron chi connectivity index (χ1n) is 5.56. The molecule has 0 N–H and O–H groups in total. The van der Waals surface area contributed by atoms with Crippen LogP contribution in [0.5, 0.6) is 5.75 Å². The molecular formula is C13H12ClF2NO. The maximum absolute atomic E-state index is 12.2. The highest BCUT2D eigenvalue weighted by molar-refractivity contribution is 6.36. The average molecular weight is 272 g/mol. The number of hydrogen-bond acceptors (Lipinski definition) is 2. The minimum Gasteiger partial charge on any atom is -0.435 e. The van der Waals surface area contributed by atoms with Crippen molar-refractivity contribution in [3.05, 3.63) is 34.5 Å². The van der Waals surface area contributed by atoms with Gasteiger partial charge in [-0.05, 0) is 37.1 Å². The zero-order valence-corrected chi connectivity index (χ0v) is 10.8. The number of aromatic nitrogens is 1. The lowest BCUT2D eigenvalue weighted by molar-refractivity contribution is -0.0497. The Hall–Kier alpha value is -1.42. The summed E-state index contributed by atoms with van der Waals surface area (Å²) in [6.45, 7) is 1.01. The smallest absolute Gasteiger partial charge is 0.387 e. The molecule has 0 atom stereocenters. The number of benzene rings is 1. The van der Waals surface area contributed by atoms with Gasteiger partial charge in [0.25, 0.3) is 0 Å². The first-order valence-corrected chi connectivity index (χ1v) is 5.94. The Morgan fingerprint density at radius 3 is 2.72 bits per heavy atom. The molecule has 0 aliphatic carbocycles. The number of alkyl halides is 2. The van der Waals surface area contributed by atoms with Crippen LogP contribution in [-0.2, 0) is 6.42 Å². The van der Waals surface area contributed by atoms with Gasteiger partial charge in [0.2, 0.25) is 0 Å². The van der Waals surface area contributed by atoms with Gasteiger partial charge in [-0.25, -0.2) is 0 Å². The van der Waals surface area contributed by atoms with Crippen molar-refractivity contribution in [3.8, 4) is 5.75 Å². The summed E-state index contributed by atoms with van der Waals surface area (Å²) in [5, 5.41) is 1.19. The molecular weight excluding hydrogens is 260 g/mol. The predicted molar refractivity (Wildman–Crippen MR) is 67.5 cm³/mol. The molecule has 0 unspecified atom stereocenters. The summed E-state index contributed by atoms with van der Waals surface area (Å²) < 4.78 is 28.7. The normalized spacial score (nSPS) is 11.2. The topological polar surface area (TPSA) is 22.1 Å². The number of rotatable bonds is 3. The van der Waals surface area contributed by atoms with E-state index in [1.54, 1.807) is 6.07 Å². The second-order valence-corrected chi connectivity index (χ2v) is 4.28. The number of fused-ring (bicyclic) bond motifs is 1. The van der Waals surface area contributed by atoms with Crippen LogP contribution in [0.25, 0.3) is 10.9 Å². The molecule has 2 rings (SSSR count). The molecule has 0 fully saturated rings. The second-order valence-electron chi connectivity index (χ2n) is 3.90. The van der Waals surface area contributed by atoms with E-state index in [1.165, 1.54) is 12.1 Å². The monoisotopic (exact) mass is 271 g/mol. The van der Waals surface area contributed by atoms with Crippen molar-refractivity contribution < 1.29 is 13.5 Å². The lowest BCUT2D eigenvalue weighted by Gasteiger charge is -2.11. The first kappa shape index (κ1) is 13.0. The Morgan fingerprint density at radius 1 is 1.39 bits per heavy atom. The van der Waals surface area contributed by atoms with Gasteiger partial charge in [0.1, 0.15) is 5.75 Å². The Morgan fingerprint density at radius 2 is 2.11 bits per heavy atom. The summed E-state index contributed by atoms with van der Waals surface area (Å²) in [5.74, 6) is 0.0899. The highest BCUT2D eigenvalue weighted by Crippen LogP contribution is 2.31. The van der Waals surface area contributed by atoms with Gasteiger partial charge in [-0.3, -0.25) is 4.98 Å². The average Bonchev–Trinajstić information content (AvgIpc) is 2.30. The minimum atomic E-state index is -2.84. The summed E-state index contributed by atoms with van der Waals surface area (Å²) in [6, 6.07) is 4.59. The SMILES string of the molecule is CCc1c(C)nc2ccc(OC(F)F)cc2c1Cl. The van der Waals surface area contributed by atoms with Gasteiger partial charge in [0.05, 0.1) is 10.5 Å². The lowest BCUT2D eigenvalue weighted by atomic mass is 10.1. The number of hydrogen-bond donors (Lipinski definition) is 0. The zero-order valence-electron chi connectivity index (χ0n) is 10.0. The Balaban J connectivity index is 2.61. The largest absolute Gasteiger partial charge is 0.435 e. The van der Waals surface area contributed by atoms with E-state index in [0.717, 1.165) is 17.7 Å². The molecule has 1 aromatic carbocycles. The maximum Gasteiger partial charge on any atom is 0.387 e.